The van der Waals surface area contributed by atoms with Gasteiger partial charge in [-0.25, -0.2) is 0 Å². The smallest absolute Gasteiger partial charge is 0.118 e. The molecule has 0 aliphatic heterocycles. The van der Waals surface area contributed by atoms with Gasteiger partial charge in [0.05, 0.1) is 7.11 Å². The van der Waals surface area contributed by atoms with Crippen LogP contribution in [0.1, 0.15) is 37.0 Å². The van der Waals surface area contributed by atoms with E-state index in [-0.39, 0.29) is 0 Å². The number of ether oxygens (including phenoxy) is 1. The van der Waals surface area contributed by atoms with Crippen LogP contribution in [0.15, 0.2) is 42.5 Å². The van der Waals surface area contributed by atoms with Crippen LogP contribution in [0.25, 0.3) is 0 Å². The van der Waals surface area contributed by atoms with Crippen LogP contribution < -0.4 is 10.1 Å². The number of benzene rings is 2. The van der Waals surface area contributed by atoms with Crippen molar-refractivity contribution in [2.24, 2.45) is 0 Å². The summed E-state index contributed by atoms with van der Waals surface area (Å²) in [5.41, 5.74) is 5.40. The van der Waals surface area contributed by atoms with Gasteiger partial charge in [0.25, 0.3) is 0 Å². The molecule has 0 amide bonds. The monoisotopic (exact) mass is 297 g/mol. The van der Waals surface area contributed by atoms with Crippen molar-refractivity contribution in [3.63, 3.8) is 0 Å². The molecule has 22 heavy (non-hydrogen) atoms. The van der Waals surface area contributed by atoms with Gasteiger partial charge in [-0.05, 0) is 61.9 Å². The van der Waals surface area contributed by atoms with Crippen molar-refractivity contribution >= 4 is 5.69 Å². The van der Waals surface area contributed by atoms with Crippen molar-refractivity contribution in [3.05, 3.63) is 59.2 Å². The first-order valence-corrected chi connectivity index (χ1v) is 8.12. The molecule has 0 bridgehead atoms. The lowest BCUT2D eigenvalue weighted by Crippen LogP contribution is -2.18. The zero-order chi connectivity index (χ0) is 15.9. The Hall–Kier alpha value is -1.96. The standard InChI is InChI=1S/C20H27NO/c1-5-18-8-6-7-15(2)20(18)21-16(3)9-10-17-11-13-19(22-4)14-12-17/h6-8,11-14,16,21H,5,9-10H2,1-4H3/t16-/m0/s1. The molecule has 1 N–H and O–H groups in total. The molecule has 0 aliphatic carbocycles. The van der Waals surface area contributed by atoms with Crippen molar-refractivity contribution in [2.45, 2.75) is 46.1 Å². The van der Waals surface area contributed by atoms with Gasteiger partial charge in [0.2, 0.25) is 0 Å². The van der Waals surface area contributed by atoms with Gasteiger partial charge in [0.15, 0.2) is 0 Å². The summed E-state index contributed by atoms with van der Waals surface area (Å²) in [6.45, 7) is 6.65. The summed E-state index contributed by atoms with van der Waals surface area (Å²) < 4.78 is 5.20. The number of para-hydroxylation sites is 1. The lowest BCUT2D eigenvalue weighted by Gasteiger charge is -2.20. The van der Waals surface area contributed by atoms with E-state index in [4.69, 9.17) is 4.74 Å². The van der Waals surface area contributed by atoms with Crippen LogP contribution in [0.2, 0.25) is 0 Å². The highest BCUT2D eigenvalue weighted by Gasteiger charge is 2.08. The second kappa shape index (κ2) is 7.88. The van der Waals surface area contributed by atoms with E-state index in [9.17, 15) is 0 Å². The minimum atomic E-state index is 0.452. The minimum absolute atomic E-state index is 0.452. The Labute approximate surface area is 134 Å². The van der Waals surface area contributed by atoms with Crippen LogP contribution >= 0.6 is 0 Å². The van der Waals surface area contributed by atoms with E-state index < -0.39 is 0 Å². The Kier molecular flexibility index (Phi) is 5.88. The molecular weight excluding hydrogens is 270 g/mol. The van der Waals surface area contributed by atoms with Gasteiger partial charge < -0.3 is 10.1 Å². The Morgan fingerprint density at radius 1 is 1.09 bits per heavy atom. The fraction of sp³-hybridized carbons (Fsp3) is 0.400. The number of methoxy groups -OCH3 is 1. The summed E-state index contributed by atoms with van der Waals surface area (Å²) in [6.07, 6.45) is 3.25. The quantitative estimate of drug-likeness (QED) is 0.776. The van der Waals surface area contributed by atoms with Crippen molar-refractivity contribution < 1.29 is 4.74 Å². The first-order valence-electron chi connectivity index (χ1n) is 8.12. The topological polar surface area (TPSA) is 21.3 Å². The Morgan fingerprint density at radius 2 is 1.82 bits per heavy atom. The van der Waals surface area contributed by atoms with Crippen molar-refractivity contribution in [1.29, 1.82) is 0 Å². The van der Waals surface area contributed by atoms with E-state index in [1.54, 1.807) is 7.11 Å². The van der Waals surface area contributed by atoms with E-state index >= 15 is 0 Å². The fourth-order valence-electron chi connectivity index (χ4n) is 2.72. The average molecular weight is 297 g/mol. The van der Waals surface area contributed by atoms with E-state index in [1.807, 2.05) is 12.1 Å². The largest absolute Gasteiger partial charge is 0.497 e. The van der Waals surface area contributed by atoms with Gasteiger partial charge in [-0.15, -0.1) is 0 Å². The van der Waals surface area contributed by atoms with E-state index in [0.717, 1.165) is 25.0 Å². The number of rotatable bonds is 7. The first kappa shape index (κ1) is 16.4. The maximum Gasteiger partial charge on any atom is 0.118 e. The number of hydrogen-bond acceptors (Lipinski definition) is 2. The minimum Gasteiger partial charge on any atom is -0.497 e. The number of nitrogens with one attached hydrogen (secondary N) is 1. The molecule has 2 nitrogen and oxygen atoms in total. The molecule has 2 aromatic rings. The molecule has 0 fully saturated rings. The molecule has 0 aliphatic rings. The Bertz CT molecular complexity index is 589. The van der Waals surface area contributed by atoms with Crippen LogP contribution in [-0.4, -0.2) is 13.2 Å². The molecule has 0 saturated heterocycles. The van der Waals surface area contributed by atoms with Crippen molar-refractivity contribution in [1.82, 2.24) is 0 Å². The fourth-order valence-corrected chi connectivity index (χ4v) is 2.72. The van der Waals surface area contributed by atoms with E-state index in [2.05, 4.69) is 56.4 Å². The van der Waals surface area contributed by atoms with Crippen LogP contribution in [-0.2, 0) is 12.8 Å². The van der Waals surface area contributed by atoms with Gasteiger partial charge in [0, 0.05) is 11.7 Å². The van der Waals surface area contributed by atoms with Gasteiger partial charge >= 0.3 is 0 Å². The first-order chi connectivity index (χ1) is 10.6. The third kappa shape index (κ3) is 4.27. The van der Waals surface area contributed by atoms with Crippen molar-refractivity contribution in [2.75, 3.05) is 12.4 Å². The normalized spacial score (nSPS) is 12.0. The number of aryl methyl sites for hydroxylation is 3. The molecule has 1 atom stereocenters. The highest BCUT2D eigenvalue weighted by molar-refractivity contribution is 5.57. The zero-order valence-electron chi connectivity index (χ0n) is 14.1. The van der Waals surface area contributed by atoms with Gasteiger partial charge in [-0.2, -0.15) is 0 Å². The van der Waals surface area contributed by atoms with Gasteiger partial charge in [-0.1, -0.05) is 37.3 Å². The molecule has 2 heteroatoms. The lowest BCUT2D eigenvalue weighted by atomic mass is 10.0. The SMILES string of the molecule is CCc1cccc(C)c1N[C@@H](C)CCc1ccc(OC)cc1. The molecule has 0 saturated carbocycles. The van der Waals surface area contributed by atoms with Gasteiger partial charge in [0.1, 0.15) is 5.75 Å². The number of hydrogen-bond donors (Lipinski definition) is 1. The Balaban J connectivity index is 1.94. The molecule has 2 rings (SSSR count). The second-order valence-corrected chi connectivity index (χ2v) is 5.89. The molecule has 0 unspecified atom stereocenters. The summed E-state index contributed by atoms with van der Waals surface area (Å²) in [6, 6.07) is 15.3. The van der Waals surface area contributed by atoms with Crippen LogP contribution in [0.4, 0.5) is 5.69 Å². The van der Waals surface area contributed by atoms with Crippen LogP contribution in [0, 0.1) is 6.92 Å². The summed E-state index contributed by atoms with van der Waals surface area (Å²) in [4.78, 5) is 0. The Morgan fingerprint density at radius 3 is 2.45 bits per heavy atom. The average Bonchev–Trinajstić information content (AvgIpc) is 2.55. The summed E-state index contributed by atoms with van der Waals surface area (Å²) in [5.74, 6) is 0.919. The second-order valence-electron chi connectivity index (χ2n) is 5.89. The lowest BCUT2D eigenvalue weighted by molar-refractivity contribution is 0.414. The highest BCUT2D eigenvalue weighted by atomic mass is 16.5. The molecule has 118 valence electrons. The number of anilines is 1. The summed E-state index contributed by atoms with van der Waals surface area (Å²) >= 11 is 0. The van der Waals surface area contributed by atoms with Gasteiger partial charge in [-0.3, -0.25) is 0 Å². The predicted molar refractivity (Wildman–Crippen MR) is 95.0 cm³/mol. The van der Waals surface area contributed by atoms with Crippen LogP contribution in [0.3, 0.4) is 0 Å². The highest BCUT2D eigenvalue weighted by Crippen LogP contribution is 2.23. The molecule has 0 radical (unpaired) electrons. The molecular formula is C20H27NO. The van der Waals surface area contributed by atoms with E-state index in [0.29, 0.717) is 6.04 Å². The summed E-state index contributed by atoms with van der Waals surface area (Å²) in [5, 5.41) is 3.70. The maximum absolute atomic E-state index is 5.20. The third-order valence-electron chi connectivity index (χ3n) is 4.16. The zero-order valence-corrected chi connectivity index (χ0v) is 14.1. The van der Waals surface area contributed by atoms with E-state index in [1.165, 1.54) is 22.4 Å². The van der Waals surface area contributed by atoms with Crippen molar-refractivity contribution in [3.8, 4) is 5.75 Å². The molecule has 0 aromatic heterocycles. The molecule has 0 spiro atoms. The maximum atomic E-state index is 5.20. The van der Waals surface area contributed by atoms with Crippen LogP contribution in [0.5, 0.6) is 5.75 Å². The molecule has 0 heterocycles. The predicted octanol–water partition coefficient (Wildman–Crippen LogP) is 5.00. The molecule has 2 aromatic carbocycles. The summed E-state index contributed by atoms with van der Waals surface area (Å²) in [7, 11) is 1.70. The third-order valence-corrected chi connectivity index (χ3v) is 4.16.